The molecule has 0 bridgehead atoms. The molecule has 0 amide bonds. The molecule has 2 aromatic heterocycles. The smallest absolute Gasteiger partial charge is 0.164 e. The van der Waals surface area contributed by atoms with E-state index in [1.165, 1.54) is 51.2 Å². The van der Waals surface area contributed by atoms with Crippen LogP contribution in [0.2, 0.25) is 0 Å². The molecule has 2 heterocycles. The highest BCUT2D eigenvalue weighted by molar-refractivity contribution is 6.10. The van der Waals surface area contributed by atoms with Gasteiger partial charge in [-0.25, -0.2) is 15.0 Å². The lowest BCUT2D eigenvalue weighted by atomic mass is 9.63. The van der Waals surface area contributed by atoms with Gasteiger partial charge < -0.3 is 4.57 Å². The molecule has 0 radical (unpaired) electrons. The molecule has 10 rings (SSSR count). The van der Waals surface area contributed by atoms with Crippen LogP contribution in [0.25, 0.3) is 83.6 Å². The van der Waals surface area contributed by atoms with E-state index in [0.717, 1.165) is 38.9 Å². The first-order valence-electron chi connectivity index (χ1n) is 19.3. The molecule has 0 atom stereocenters. The Morgan fingerprint density at radius 1 is 0.400 bits per heavy atom. The Labute approximate surface area is 322 Å². The van der Waals surface area contributed by atoms with Crippen LogP contribution in [-0.4, -0.2) is 19.5 Å². The summed E-state index contributed by atoms with van der Waals surface area (Å²) in [5.74, 6) is 1.95. The molecule has 7 aromatic carbocycles. The minimum Gasteiger partial charge on any atom is -0.309 e. The van der Waals surface area contributed by atoms with Crippen LogP contribution in [0.3, 0.4) is 0 Å². The molecular weight excluding hydrogens is 669 g/mol. The van der Waals surface area contributed by atoms with Crippen molar-refractivity contribution in [2.45, 2.75) is 51.4 Å². The fourth-order valence-corrected chi connectivity index (χ4v) is 8.64. The maximum atomic E-state index is 5.13. The highest BCUT2D eigenvalue weighted by Crippen LogP contribution is 2.48. The second kappa shape index (κ2) is 12.6. The minimum atomic E-state index is 0.115. The highest BCUT2D eigenvalue weighted by atomic mass is 15.0. The molecule has 9 aromatic rings. The number of para-hydroxylation sites is 1. The first-order chi connectivity index (χ1) is 26.7. The van der Waals surface area contributed by atoms with E-state index in [1.54, 1.807) is 0 Å². The van der Waals surface area contributed by atoms with Gasteiger partial charge in [0.05, 0.1) is 11.0 Å². The molecule has 0 saturated heterocycles. The molecule has 55 heavy (non-hydrogen) atoms. The topological polar surface area (TPSA) is 43.6 Å². The Bertz CT molecular complexity index is 2920. The van der Waals surface area contributed by atoms with Gasteiger partial charge >= 0.3 is 0 Å². The monoisotopic (exact) mass is 710 g/mol. The van der Waals surface area contributed by atoms with E-state index in [1.807, 2.05) is 24.3 Å². The van der Waals surface area contributed by atoms with Gasteiger partial charge in [0, 0.05) is 33.2 Å². The van der Waals surface area contributed by atoms with Crippen LogP contribution in [-0.2, 0) is 10.8 Å². The van der Waals surface area contributed by atoms with Crippen molar-refractivity contribution in [3.05, 3.63) is 169 Å². The van der Waals surface area contributed by atoms with E-state index < -0.39 is 0 Å². The lowest BCUT2D eigenvalue weighted by Crippen LogP contribution is -2.33. The molecule has 1 aliphatic rings. The van der Waals surface area contributed by atoms with Crippen LogP contribution in [0.1, 0.15) is 51.7 Å². The van der Waals surface area contributed by atoms with E-state index in [9.17, 15) is 0 Å². The van der Waals surface area contributed by atoms with Crippen molar-refractivity contribution in [2.75, 3.05) is 0 Å². The average Bonchev–Trinajstić information content (AvgIpc) is 3.56. The molecule has 4 nitrogen and oxygen atoms in total. The van der Waals surface area contributed by atoms with Crippen LogP contribution in [0, 0.1) is 0 Å². The Morgan fingerprint density at radius 3 is 1.69 bits per heavy atom. The predicted octanol–water partition coefficient (Wildman–Crippen LogP) is 13.1. The van der Waals surface area contributed by atoms with E-state index in [-0.39, 0.29) is 10.8 Å². The zero-order chi connectivity index (χ0) is 37.3. The fraction of sp³-hybridized carbons (Fsp3) is 0.157. The van der Waals surface area contributed by atoms with Crippen molar-refractivity contribution in [3.63, 3.8) is 0 Å². The molecule has 0 unspecified atom stereocenters. The summed E-state index contributed by atoms with van der Waals surface area (Å²) in [4.78, 5) is 15.2. The number of hydrogen-bond donors (Lipinski definition) is 0. The van der Waals surface area contributed by atoms with Gasteiger partial charge in [-0.2, -0.15) is 0 Å². The first-order valence-corrected chi connectivity index (χ1v) is 19.3. The number of rotatable bonds is 5. The summed E-state index contributed by atoms with van der Waals surface area (Å²) in [6.07, 6.45) is 2.38. The molecule has 0 N–H and O–H groups in total. The number of aromatic nitrogens is 4. The maximum absolute atomic E-state index is 5.13. The molecule has 0 aliphatic heterocycles. The van der Waals surface area contributed by atoms with Crippen molar-refractivity contribution < 1.29 is 0 Å². The SMILES string of the molecule is CC1(C)CCC(C)(C)c2cc3c(cc21)c1ccccc1n3-c1ccc2ccc(-c3nc(-c4ccccc4)nc(-c4cccc(-c5ccccc5)c4)n3)cc2c1. The van der Waals surface area contributed by atoms with Crippen molar-refractivity contribution in [1.82, 2.24) is 19.5 Å². The van der Waals surface area contributed by atoms with E-state index >= 15 is 0 Å². The van der Waals surface area contributed by atoms with Crippen molar-refractivity contribution in [1.29, 1.82) is 0 Å². The molecule has 0 saturated carbocycles. The van der Waals surface area contributed by atoms with Crippen molar-refractivity contribution in [2.24, 2.45) is 0 Å². The maximum Gasteiger partial charge on any atom is 0.164 e. The highest BCUT2D eigenvalue weighted by Gasteiger charge is 2.37. The second-order valence-electron chi connectivity index (χ2n) is 16.4. The zero-order valence-corrected chi connectivity index (χ0v) is 31.7. The molecule has 4 heteroatoms. The predicted molar refractivity (Wildman–Crippen MR) is 229 cm³/mol. The summed E-state index contributed by atoms with van der Waals surface area (Å²) >= 11 is 0. The minimum absolute atomic E-state index is 0.115. The average molecular weight is 711 g/mol. The van der Waals surface area contributed by atoms with Gasteiger partial charge in [-0.3, -0.25) is 0 Å². The van der Waals surface area contributed by atoms with Crippen LogP contribution >= 0.6 is 0 Å². The molecule has 0 fully saturated rings. The van der Waals surface area contributed by atoms with Gasteiger partial charge in [-0.05, 0) is 99.2 Å². The van der Waals surface area contributed by atoms with E-state index in [0.29, 0.717) is 17.5 Å². The number of fused-ring (bicyclic) bond motifs is 5. The third-order valence-electron chi connectivity index (χ3n) is 11.9. The van der Waals surface area contributed by atoms with Crippen LogP contribution in [0.15, 0.2) is 158 Å². The zero-order valence-electron chi connectivity index (χ0n) is 31.7. The van der Waals surface area contributed by atoms with Crippen LogP contribution in [0.5, 0.6) is 0 Å². The normalized spacial score (nSPS) is 14.7. The summed E-state index contributed by atoms with van der Waals surface area (Å²) in [6, 6.07) is 56.3. The van der Waals surface area contributed by atoms with Gasteiger partial charge in [0.2, 0.25) is 0 Å². The van der Waals surface area contributed by atoms with Gasteiger partial charge in [0.15, 0.2) is 17.5 Å². The van der Waals surface area contributed by atoms with Crippen molar-refractivity contribution >= 4 is 32.6 Å². The third-order valence-corrected chi connectivity index (χ3v) is 11.9. The van der Waals surface area contributed by atoms with Gasteiger partial charge in [0.1, 0.15) is 0 Å². The Kier molecular flexibility index (Phi) is 7.60. The first kappa shape index (κ1) is 33.2. The summed E-state index contributed by atoms with van der Waals surface area (Å²) in [6.45, 7) is 9.64. The lowest BCUT2D eigenvalue weighted by molar-refractivity contribution is 0.332. The lowest BCUT2D eigenvalue weighted by Gasteiger charge is -2.42. The quantitative estimate of drug-likeness (QED) is 0.179. The molecule has 0 spiro atoms. The van der Waals surface area contributed by atoms with E-state index in [4.69, 9.17) is 15.0 Å². The molecule has 1 aliphatic carbocycles. The largest absolute Gasteiger partial charge is 0.309 e. The van der Waals surface area contributed by atoms with Crippen LogP contribution in [0.4, 0.5) is 0 Å². The molecular formula is C51H42N4. The van der Waals surface area contributed by atoms with Gasteiger partial charge in [-0.15, -0.1) is 0 Å². The summed E-state index contributed by atoms with van der Waals surface area (Å²) in [7, 11) is 0. The van der Waals surface area contributed by atoms with Crippen molar-refractivity contribution in [3.8, 4) is 51.0 Å². The number of nitrogens with zero attached hydrogens (tertiary/aromatic N) is 4. The summed E-state index contributed by atoms with van der Waals surface area (Å²) in [5.41, 5.74) is 12.0. The number of benzene rings is 7. The Balaban J connectivity index is 1.13. The van der Waals surface area contributed by atoms with Gasteiger partial charge in [-0.1, -0.05) is 143 Å². The van der Waals surface area contributed by atoms with E-state index in [2.05, 4.69) is 166 Å². The summed E-state index contributed by atoms with van der Waals surface area (Å²) < 4.78 is 2.46. The standard InChI is InChI=1S/C51H42N4/c1-50(2)26-27-51(3,4)44-32-46-42(31-43(44)50)41-20-11-12-21-45(41)55(46)40-25-24-34-22-23-38(29-39(34)30-40)49-53-47(35-16-9-6-10-17-35)52-48(54-49)37-19-13-18-36(28-37)33-14-7-5-8-15-33/h5-25,28-32H,26-27H2,1-4H3. The fourth-order valence-electron chi connectivity index (χ4n) is 8.64. The Hall–Kier alpha value is -6.39. The molecule has 266 valence electrons. The summed E-state index contributed by atoms with van der Waals surface area (Å²) in [5, 5.41) is 4.91. The second-order valence-corrected chi connectivity index (χ2v) is 16.4. The Morgan fingerprint density at radius 2 is 0.964 bits per heavy atom. The van der Waals surface area contributed by atoms with Crippen LogP contribution < -0.4 is 0 Å². The number of hydrogen-bond acceptors (Lipinski definition) is 3. The van der Waals surface area contributed by atoms with Gasteiger partial charge in [0.25, 0.3) is 0 Å². The third kappa shape index (κ3) is 5.72.